The van der Waals surface area contributed by atoms with Crippen molar-refractivity contribution in [3.05, 3.63) is 35.9 Å². The minimum absolute atomic E-state index is 0.165. The molecule has 17 heavy (non-hydrogen) atoms. The van der Waals surface area contributed by atoms with E-state index in [9.17, 15) is 0 Å². The topological polar surface area (TPSA) is 47.3 Å². The van der Waals surface area contributed by atoms with Crippen LogP contribution >= 0.6 is 0 Å². The molecule has 3 nitrogen and oxygen atoms in total. The monoisotopic (exact) mass is 236 g/mol. The van der Waals surface area contributed by atoms with E-state index >= 15 is 0 Å². The molecular formula is C14H24N2O. The van der Waals surface area contributed by atoms with Crippen LogP contribution in [-0.2, 0) is 11.3 Å². The molecule has 0 fully saturated rings. The Morgan fingerprint density at radius 2 is 2.00 bits per heavy atom. The van der Waals surface area contributed by atoms with Gasteiger partial charge < -0.3 is 15.8 Å². The van der Waals surface area contributed by atoms with Gasteiger partial charge in [0.2, 0.25) is 0 Å². The lowest BCUT2D eigenvalue weighted by atomic mass is 9.93. The quantitative estimate of drug-likeness (QED) is 0.760. The maximum absolute atomic E-state index is 5.83. The van der Waals surface area contributed by atoms with Crippen LogP contribution in [0.15, 0.2) is 30.3 Å². The van der Waals surface area contributed by atoms with Gasteiger partial charge in [0.25, 0.3) is 0 Å². The second kappa shape index (κ2) is 6.74. The van der Waals surface area contributed by atoms with E-state index < -0.39 is 0 Å². The first kappa shape index (κ1) is 14.2. The fourth-order valence-electron chi connectivity index (χ4n) is 1.92. The zero-order valence-corrected chi connectivity index (χ0v) is 11.1. The average Bonchev–Trinajstić information content (AvgIpc) is 2.40. The average molecular weight is 236 g/mol. The SMILES string of the molecule is CCC(C)(OC)C(CN)NCc1ccccc1. The number of hydrogen-bond donors (Lipinski definition) is 2. The van der Waals surface area contributed by atoms with Gasteiger partial charge in [0.1, 0.15) is 0 Å². The van der Waals surface area contributed by atoms with Crippen molar-refractivity contribution < 1.29 is 4.74 Å². The van der Waals surface area contributed by atoms with E-state index in [1.807, 2.05) is 18.2 Å². The first-order valence-corrected chi connectivity index (χ1v) is 6.18. The summed E-state index contributed by atoms with van der Waals surface area (Å²) in [6, 6.07) is 10.5. The fraction of sp³-hybridized carbons (Fsp3) is 0.571. The van der Waals surface area contributed by atoms with Crippen molar-refractivity contribution in [1.82, 2.24) is 5.32 Å². The summed E-state index contributed by atoms with van der Waals surface area (Å²) in [5.41, 5.74) is 6.89. The summed E-state index contributed by atoms with van der Waals surface area (Å²) in [4.78, 5) is 0. The molecule has 0 bridgehead atoms. The molecule has 1 aromatic carbocycles. The smallest absolute Gasteiger partial charge is 0.0812 e. The highest BCUT2D eigenvalue weighted by atomic mass is 16.5. The van der Waals surface area contributed by atoms with Crippen molar-refractivity contribution in [1.29, 1.82) is 0 Å². The van der Waals surface area contributed by atoms with Crippen LogP contribution in [0.2, 0.25) is 0 Å². The lowest BCUT2D eigenvalue weighted by Crippen LogP contribution is -2.53. The van der Waals surface area contributed by atoms with Gasteiger partial charge in [-0.2, -0.15) is 0 Å². The van der Waals surface area contributed by atoms with Crippen LogP contribution in [0.25, 0.3) is 0 Å². The van der Waals surface area contributed by atoms with E-state index in [1.165, 1.54) is 5.56 Å². The molecule has 0 saturated carbocycles. The number of hydrogen-bond acceptors (Lipinski definition) is 3. The highest BCUT2D eigenvalue weighted by Gasteiger charge is 2.30. The largest absolute Gasteiger partial charge is 0.377 e. The van der Waals surface area contributed by atoms with Crippen LogP contribution in [0.1, 0.15) is 25.8 Å². The molecule has 2 atom stereocenters. The van der Waals surface area contributed by atoms with Crippen LogP contribution in [0.3, 0.4) is 0 Å². The van der Waals surface area contributed by atoms with E-state index in [-0.39, 0.29) is 11.6 Å². The molecule has 0 amide bonds. The Bertz CT molecular complexity index is 309. The van der Waals surface area contributed by atoms with Crippen molar-refractivity contribution in [3.8, 4) is 0 Å². The standard InChI is InChI=1S/C14H24N2O/c1-4-14(2,17-3)13(10-15)16-11-12-8-6-5-7-9-12/h5-9,13,16H,4,10-11,15H2,1-3H3. The maximum atomic E-state index is 5.83. The number of ether oxygens (including phenoxy) is 1. The van der Waals surface area contributed by atoms with Crippen LogP contribution < -0.4 is 11.1 Å². The summed E-state index contributed by atoms with van der Waals surface area (Å²) in [7, 11) is 1.75. The van der Waals surface area contributed by atoms with Crippen LogP contribution in [0.5, 0.6) is 0 Å². The van der Waals surface area contributed by atoms with Crippen molar-refractivity contribution >= 4 is 0 Å². The molecule has 3 heteroatoms. The third-order valence-electron chi connectivity index (χ3n) is 3.54. The summed E-state index contributed by atoms with van der Waals surface area (Å²) in [6.07, 6.45) is 0.938. The summed E-state index contributed by atoms with van der Waals surface area (Å²) < 4.78 is 5.59. The molecule has 0 aliphatic heterocycles. The zero-order valence-electron chi connectivity index (χ0n) is 11.1. The number of rotatable bonds is 7. The molecule has 0 saturated heterocycles. The van der Waals surface area contributed by atoms with E-state index in [0.29, 0.717) is 6.54 Å². The molecule has 0 radical (unpaired) electrons. The Hall–Kier alpha value is -0.900. The van der Waals surface area contributed by atoms with Crippen molar-refractivity contribution in [2.75, 3.05) is 13.7 Å². The molecule has 3 N–H and O–H groups in total. The van der Waals surface area contributed by atoms with E-state index in [2.05, 4.69) is 31.3 Å². The predicted molar refractivity (Wildman–Crippen MR) is 71.8 cm³/mol. The number of nitrogens with two attached hydrogens (primary N) is 1. The molecule has 2 unspecified atom stereocenters. The molecule has 1 rings (SSSR count). The molecule has 96 valence electrons. The highest BCUT2D eigenvalue weighted by molar-refractivity contribution is 5.14. The fourth-order valence-corrected chi connectivity index (χ4v) is 1.92. The van der Waals surface area contributed by atoms with Crippen LogP contribution in [-0.4, -0.2) is 25.3 Å². The minimum atomic E-state index is -0.205. The van der Waals surface area contributed by atoms with E-state index in [0.717, 1.165) is 13.0 Å². The Morgan fingerprint density at radius 1 is 1.35 bits per heavy atom. The van der Waals surface area contributed by atoms with Gasteiger partial charge in [0, 0.05) is 26.2 Å². The Morgan fingerprint density at radius 3 is 2.47 bits per heavy atom. The molecule has 0 aromatic heterocycles. The predicted octanol–water partition coefficient (Wildman–Crippen LogP) is 1.92. The maximum Gasteiger partial charge on any atom is 0.0812 e. The van der Waals surface area contributed by atoms with E-state index in [1.54, 1.807) is 7.11 Å². The van der Waals surface area contributed by atoms with Gasteiger partial charge in [-0.1, -0.05) is 37.3 Å². The second-order valence-corrected chi connectivity index (χ2v) is 4.53. The third kappa shape index (κ3) is 3.80. The normalized spacial score (nSPS) is 16.5. The minimum Gasteiger partial charge on any atom is -0.377 e. The Kier molecular flexibility index (Phi) is 5.62. The second-order valence-electron chi connectivity index (χ2n) is 4.53. The summed E-state index contributed by atoms with van der Waals surface area (Å²) in [5.74, 6) is 0. The highest BCUT2D eigenvalue weighted by Crippen LogP contribution is 2.19. The van der Waals surface area contributed by atoms with Gasteiger partial charge in [-0.3, -0.25) is 0 Å². The summed E-state index contributed by atoms with van der Waals surface area (Å²) in [5, 5.41) is 3.48. The first-order chi connectivity index (χ1) is 8.16. The van der Waals surface area contributed by atoms with Gasteiger partial charge in [0.05, 0.1) is 5.60 Å². The first-order valence-electron chi connectivity index (χ1n) is 6.18. The number of benzene rings is 1. The Labute approximate surface area is 104 Å². The van der Waals surface area contributed by atoms with Crippen molar-refractivity contribution in [3.63, 3.8) is 0 Å². The summed E-state index contributed by atoms with van der Waals surface area (Å²) >= 11 is 0. The molecule has 0 heterocycles. The lowest BCUT2D eigenvalue weighted by Gasteiger charge is -2.35. The third-order valence-corrected chi connectivity index (χ3v) is 3.54. The molecule has 0 aliphatic rings. The molecule has 0 spiro atoms. The Balaban J connectivity index is 2.59. The molecule has 1 aromatic rings. The van der Waals surface area contributed by atoms with Crippen molar-refractivity contribution in [2.45, 2.75) is 38.5 Å². The molecule has 0 aliphatic carbocycles. The number of methoxy groups -OCH3 is 1. The van der Waals surface area contributed by atoms with Gasteiger partial charge in [-0.15, -0.1) is 0 Å². The summed E-state index contributed by atoms with van der Waals surface area (Å²) in [6.45, 7) is 5.62. The van der Waals surface area contributed by atoms with E-state index in [4.69, 9.17) is 10.5 Å². The van der Waals surface area contributed by atoms with Crippen molar-refractivity contribution in [2.24, 2.45) is 5.73 Å². The molecular weight excluding hydrogens is 212 g/mol. The van der Waals surface area contributed by atoms with Crippen LogP contribution in [0.4, 0.5) is 0 Å². The number of nitrogens with one attached hydrogen (secondary N) is 1. The zero-order chi connectivity index (χ0) is 12.7. The van der Waals surface area contributed by atoms with Crippen LogP contribution in [0, 0.1) is 0 Å². The van der Waals surface area contributed by atoms with Gasteiger partial charge >= 0.3 is 0 Å². The van der Waals surface area contributed by atoms with Gasteiger partial charge in [-0.25, -0.2) is 0 Å². The lowest BCUT2D eigenvalue weighted by molar-refractivity contribution is -0.0269. The van der Waals surface area contributed by atoms with Gasteiger partial charge in [-0.05, 0) is 18.9 Å². The van der Waals surface area contributed by atoms with Gasteiger partial charge in [0.15, 0.2) is 0 Å².